The summed E-state index contributed by atoms with van der Waals surface area (Å²) in [5, 5.41) is 20.7. The lowest BCUT2D eigenvalue weighted by Gasteiger charge is -2.42. The fraction of sp³-hybridized carbons (Fsp3) is 0.769. The van der Waals surface area contributed by atoms with E-state index in [4.69, 9.17) is 0 Å². The number of allylic oxidation sites excluding steroid dienone is 1. The first-order valence-corrected chi connectivity index (χ1v) is 6.41. The summed E-state index contributed by atoms with van der Waals surface area (Å²) in [6.45, 7) is 8.95. The minimum Gasteiger partial charge on any atom is -0.465 e. The van der Waals surface area contributed by atoms with Gasteiger partial charge < -0.3 is 5.11 Å². The van der Waals surface area contributed by atoms with Crippen molar-refractivity contribution in [3.8, 4) is 0 Å². The molecular formula is C13H22N2O4. The van der Waals surface area contributed by atoms with E-state index in [0.717, 1.165) is 0 Å². The van der Waals surface area contributed by atoms with E-state index in [2.05, 4.69) is 0 Å². The highest BCUT2D eigenvalue weighted by molar-refractivity contribution is 5.67. The summed E-state index contributed by atoms with van der Waals surface area (Å²) in [7, 11) is 0. The highest BCUT2D eigenvalue weighted by Crippen LogP contribution is 2.32. The molecule has 1 aliphatic rings. The van der Waals surface area contributed by atoms with E-state index in [0.29, 0.717) is 0 Å². The van der Waals surface area contributed by atoms with Crippen molar-refractivity contribution < 1.29 is 14.8 Å². The van der Waals surface area contributed by atoms with E-state index in [1.54, 1.807) is 33.8 Å². The van der Waals surface area contributed by atoms with Crippen LogP contribution in [-0.2, 0) is 0 Å². The highest BCUT2D eigenvalue weighted by atomic mass is 16.6. The lowest BCUT2D eigenvalue weighted by atomic mass is 9.79. The summed E-state index contributed by atoms with van der Waals surface area (Å²) in [4.78, 5) is 23.6. The number of carbonyl (C=O) groups is 1. The SMILES string of the molecule is CC1C=CC(N(C(=O)O)C(C)(C)C)C([N+](=O)[O-])C1C. The summed E-state index contributed by atoms with van der Waals surface area (Å²) in [5.41, 5.74) is -0.685. The fourth-order valence-corrected chi connectivity index (χ4v) is 2.62. The Kier molecular flexibility index (Phi) is 4.22. The first-order valence-electron chi connectivity index (χ1n) is 6.41. The lowest BCUT2D eigenvalue weighted by Crippen LogP contribution is -2.59. The van der Waals surface area contributed by atoms with Crippen molar-refractivity contribution in [2.45, 2.75) is 52.2 Å². The molecule has 0 fully saturated rings. The average molecular weight is 270 g/mol. The zero-order chi connectivity index (χ0) is 15.0. The maximum atomic E-state index is 11.5. The Morgan fingerprint density at radius 3 is 2.21 bits per heavy atom. The molecule has 0 aromatic rings. The molecule has 0 heterocycles. The van der Waals surface area contributed by atoms with Gasteiger partial charge in [0.05, 0.1) is 0 Å². The summed E-state index contributed by atoms with van der Waals surface area (Å²) in [5.74, 6) is -0.128. The third-order valence-electron chi connectivity index (χ3n) is 3.80. The summed E-state index contributed by atoms with van der Waals surface area (Å²) in [6, 6.07) is -1.63. The maximum absolute atomic E-state index is 11.5. The number of amides is 1. The highest BCUT2D eigenvalue weighted by Gasteiger charge is 2.47. The Balaban J connectivity index is 3.24. The van der Waals surface area contributed by atoms with Crippen molar-refractivity contribution >= 4 is 6.09 Å². The van der Waals surface area contributed by atoms with E-state index < -0.39 is 23.7 Å². The minimum absolute atomic E-state index is 0.0715. The molecule has 1 rings (SSSR count). The Labute approximate surface area is 113 Å². The average Bonchev–Trinajstić information content (AvgIpc) is 2.20. The van der Waals surface area contributed by atoms with Crippen LogP contribution in [0.1, 0.15) is 34.6 Å². The van der Waals surface area contributed by atoms with Crippen LogP contribution in [0.5, 0.6) is 0 Å². The molecule has 0 aromatic carbocycles. The minimum atomic E-state index is -1.13. The third-order valence-corrected chi connectivity index (χ3v) is 3.80. The largest absolute Gasteiger partial charge is 0.465 e. The monoisotopic (exact) mass is 270 g/mol. The Bertz CT molecular complexity index is 400. The van der Waals surface area contributed by atoms with Crippen LogP contribution >= 0.6 is 0 Å². The van der Waals surface area contributed by atoms with Gasteiger partial charge in [0.15, 0.2) is 0 Å². The number of nitro groups is 1. The second kappa shape index (κ2) is 5.19. The quantitative estimate of drug-likeness (QED) is 0.475. The van der Waals surface area contributed by atoms with Crippen LogP contribution in [0.15, 0.2) is 12.2 Å². The number of carboxylic acid groups (broad SMARTS) is 1. The summed E-state index contributed by atoms with van der Waals surface area (Å²) >= 11 is 0. The lowest BCUT2D eigenvalue weighted by molar-refractivity contribution is -0.539. The van der Waals surface area contributed by atoms with Crippen molar-refractivity contribution in [3.05, 3.63) is 22.3 Å². The molecule has 0 aromatic heterocycles. The molecule has 0 aliphatic heterocycles. The van der Waals surface area contributed by atoms with Crippen LogP contribution in [-0.4, -0.2) is 38.6 Å². The molecule has 6 nitrogen and oxygen atoms in total. The Hall–Kier alpha value is -1.59. The Morgan fingerprint density at radius 2 is 1.84 bits per heavy atom. The molecule has 0 bridgehead atoms. The molecule has 108 valence electrons. The number of rotatable bonds is 2. The third kappa shape index (κ3) is 3.05. The summed E-state index contributed by atoms with van der Waals surface area (Å²) < 4.78 is 0. The first-order chi connectivity index (χ1) is 8.57. The van der Waals surface area contributed by atoms with Gasteiger partial charge >= 0.3 is 6.09 Å². The normalized spacial score (nSPS) is 31.0. The molecule has 4 unspecified atom stereocenters. The molecular weight excluding hydrogens is 248 g/mol. The molecule has 0 saturated carbocycles. The van der Waals surface area contributed by atoms with Gasteiger partial charge in [0.25, 0.3) is 0 Å². The van der Waals surface area contributed by atoms with E-state index >= 15 is 0 Å². The maximum Gasteiger partial charge on any atom is 0.408 e. The van der Waals surface area contributed by atoms with Crippen LogP contribution in [0.4, 0.5) is 4.79 Å². The fourth-order valence-electron chi connectivity index (χ4n) is 2.62. The predicted octanol–water partition coefficient (Wildman–Crippen LogP) is 2.62. The van der Waals surface area contributed by atoms with Gasteiger partial charge in [0, 0.05) is 16.4 Å². The standard InChI is InChI=1S/C13H22N2O4/c1-8-6-7-10(11(9(8)2)15(18)19)14(12(16)17)13(3,4)5/h6-11H,1-5H3,(H,16,17). The molecule has 0 spiro atoms. The van der Waals surface area contributed by atoms with Gasteiger partial charge in [-0.25, -0.2) is 4.79 Å². The van der Waals surface area contributed by atoms with E-state index in [1.165, 1.54) is 4.90 Å². The second-order valence-corrected chi connectivity index (χ2v) is 6.19. The van der Waals surface area contributed by atoms with Crippen molar-refractivity contribution in [1.29, 1.82) is 0 Å². The van der Waals surface area contributed by atoms with Crippen molar-refractivity contribution in [2.24, 2.45) is 11.8 Å². The van der Waals surface area contributed by atoms with Gasteiger partial charge in [-0.2, -0.15) is 0 Å². The molecule has 1 aliphatic carbocycles. The van der Waals surface area contributed by atoms with Crippen LogP contribution < -0.4 is 0 Å². The zero-order valence-corrected chi connectivity index (χ0v) is 12.0. The molecule has 1 amide bonds. The van der Waals surface area contributed by atoms with Gasteiger partial charge in [-0.05, 0) is 26.7 Å². The number of nitrogens with zero attached hydrogens (tertiary/aromatic N) is 2. The van der Waals surface area contributed by atoms with E-state index in [9.17, 15) is 20.0 Å². The van der Waals surface area contributed by atoms with Crippen LogP contribution in [0, 0.1) is 22.0 Å². The molecule has 4 atom stereocenters. The van der Waals surface area contributed by atoms with Crippen molar-refractivity contribution in [3.63, 3.8) is 0 Å². The van der Waals surface area contributed by atoms with Gasteiger partial charge in [0.1, 0.15) is 6.04 Å². The molecule has 1 N–H and O–H groups in total. The second-order valence-electron chi connectivity index (χ2n) is 6.19. The van der Waals surface area contributed by atoms with Crippen molar-refractivity contribution in [2.75, 3.05) is 0 Å². The predicted molar refractivity (Wildman–Crippen MR) is 71.7 cm³/mol. The Morgan fingerprint density at radius 1 is 1.32 bits per heavy atom. The smallest absolute Gasteiger partial charge is 0.408 e. The van der Waals surface area contributed by atoms with Crippen LogP contribution in [0.25, 0.3) is 0 Å². The molecule has 19 heavy (non-hydrogen) atoms. The first kappa shape index (κ1) is 15.5. The van der Waals surface area contributed by atoms with Gasteiger partial charge in [-0.15, -0.1) is 0 Å². The van der Waals surface area contributed by atoms with Gasteiger partial charge in [-0.3, -0.25) is 15.0 Å². The molecule has 0 radical (unpaired) electrons. The summed E-state index contributed by atoms with van der Waals surface area (Å²) in [6.07, 6.45) is 2.41. The van der Waals surface area contributed by atoms with Crippen LogP contribution in [0.3, 0.4) is 0 Å². The van der Waals surface area contributed by atoms with E-state index in [-0.39, 0.29) is 16.8 Å². The van der Waals surface area contributed by atoms with Crippen molar-refractivity contribution in [1.82, 2.24) is 4.90 Å². The topological polar surface area (TPSA) is 83.7 Å². The zero-order valence-electron chi connectivity index (χ0n) is 12.0. The van der Waals surface area contributed by atoms with Gasteiger partial charge in [-0.1, -0.05) is 26.0 Å². The molecule has 6 heteroatoms. The molecule has 0 saturated heterocycles. The van der Waals surface area contributed by atoms with E-state index in [1.807, 2.05) is 13.0 Å². The number of hydrogen-bond donors (Lipinski definition) is 1. The van der Waals surface area contributed by atoms with Crippen LogP contribution in [0.2, 0.25) is 0 Å². The van der Waals surface area contributed by atoms with Gasteiger partial charge in [0.2, 0.25) is 6.04 Å². The number of hydrogen-bond acceptors (Lipinski definition) is 3.